The van der Waals surface area contributed by atoms with E-state index in [1.807, 2.05) is 22.8 Å². The van der Waals surface area contributed by atoms with Crippen LogP contribution >= 0.6 is 0 Å². The fourth-order valence-electron chi connectivity index (χ4n) is 3.47. The highest BCUT2D eigenvalue weighted by atomic mass is 19.4. The van der Waals surface area contributed by atoms with E-state index in [2.05, 4.69) is 25.5 Å². The highest BCUT2D eigenvalue weighted by molar-refractivity contribution is 6.03. The Morgan fingerprint density at radius 2 is 1.85 bits per heavy atom. The third-order valence-corrected chi connectivity index (χ3v) is 5.27. The lowest BCUT2D eigenvalue weighted by atomic mass is 10.1. The number of amides is 1. The molecule has 3 heterocycles. The largest absolute Gasteiger partial charge is 0.433 e. The molecule has 10 heteroatoms. The number of aromatic nitrogens is 5. The molecule has 1 fully saturated rings. The molecule has 0 saturated heterocycles. The molecular weight excluding hydrogens is 433 g/mol. The summed E-state index contributed by atoms with van der Waals surface area (Å²) < 4.78 is 40.3. The number of halogens is 3. The second-order valence-corrected chi connectivity index (χ2v) is 7.69. The Kier molecular flexibility index (Phi) is 5.12. The van der Waals surface area contributed by atoms with E-state index in [9.17, 15) is 18.0 Å². The lowest BCUT2D eigenvalue weighted by Gasteiger charge is -2.09. The van der Waals surface area contributed by atoms with E-state index in [1.165, 1.54) is 18.3 Å². The van der Waals surface area contributed by atoms with Gasteiger partial charge in [-0.1, -0.05) is 18.2 Å². The normalized spacial score (nSPS) is 13.7. The Morgan fingerprint density at radius 1 is 1.00 bits per heavy atom. The van der Waals surface area contributed by atoms with Crippen LogP contribution in [0.2, 0.25) is 0 Å². The monoisotopic (exact) mass is 450 g/mol. The van der Waals surface area contributed by atoms with Crippen LogP contribution in [-0.4, -0.2) is 30.6 Å². The molecule has 0 aliphatic heterocycles. The molecule has 166 valence electrons. The van der Waals surface area contributed by atoms with E-state index in [-0.39, 0.29) is 5.69 Å². The molecule has 0 radical (unpaired) electrons. The molecule has 5 rings (SSSR count). The van der Waals surface area contributed by atoms with Crippen molar-refractivity contribution < 1.29 is 18.0 Å². The Bertz CT molecular complexity index is 1310. The first-order chi connectivity index (χ1) is 15.9. The Labute approximate surface area is 186 Å². The molecule has 1 amide bonds. The molecule has 1 N–H and O–H groups in total. The SMILES string of the molecule is O=C(Nc1cccc(-c2nncn2C2CC2)c1)c1cc(-c2ccc(C(F)(F)F)nc2)ccn1. The molecule has 0 atom stereocenters. The van der Waals surface area contributed by atoms with Gasteiger partial charge in [-0.2, -0.15) is 13.2 Å². The molecule has 0 bridgehead atoms. The number of hydrogen-bond acceptors (Lipinski definition) is 5. The summed E-state index contributed by atoms with van der Waals surface area (Å²) in [6, 6.07) is 13.0. The van der Waals surface area contributed by atoms with Crippen molar-refractivity contribution in [2.24, 2.45) is 0 Å². The van der Waals surface area contributed by atoms with Gasteiger partial charge in [-0.15, -0.1) is 10.2 Å². The highest BCUT2D eigenvalue weighted by Crippen LogP contribution is 2.37. The summed E-state index contributed by atoms with van der Waals surface area (Å²) in [7, 11) is 0. The van der Waals surface area contributed by atoms with Gasteiger partial charge in [0.25, 0.3) is 5.91 Å². The van der Waals surface area contributed by atoms with Crippen LogP contribution in [0.1, 0.15) is 35.1 Å². The minimum absolute atomic E-state index is 0.124. The Hall–Kier alpha value is -4.08. The number of benzene rings is 1. The van der Waals surface area contributed by atoms with E-state index in [1.54, 1.807) is 18.5 Å². The number of carbonyl (C=O) groups is 1. The molecule has 1 aliphatic carbocycles. The smallest absolute Gasteiger partial charge is 0.321 e. The van der Waals surface area contributed by atoms with Gasteiger partial charge in [0.2, 0.25) is 0 Å². The maximum Gasteiger partial charge on any atom is 0.433 e. The molecule has 1 saturated carbocycles. The van der Waals surface area contributed by atoms with Gasteiger partial charge in [-0.25, -0.2) is 0 Å². The number of carbonyl (C=O) groups excluding carboxylic acids is 1. The maximum absolute atomic E-state index is 12.8. The quantitative estimate of drug-likeness (QED) is 0.462. The van der Waals surface area contributed by atoms with Crippen LogP contribution in [0.5, 0.6) is 0 Å². The van der Waals surface area contributed by atoms with Gasteiger partial charge in [-0.3, -0.25) is 14.8 Å². The predicted octanol–water partition coefficient (Wildman–Crippen LogP) is 5.01. The number of nitrogens with zero attached hydrogens (tertiary/aromatic N) is 5. The van der Waals surface area contributed by atoms with Crippen molar-refractivity contribution in [2.45, 2.75) is 25.1 Å². The van der Waals surface area contributed by atoms with E-state index < -0.39 is 17.8 Å². The van der Waals surface area contributed by atoms with Gasteiger partial charge in [0.05, 0.1) is 0 Å². The van der Waals surface area contributed by atoms with Crippen LogP contribution in [0, 0.1) is 0 Å². The van der Waals surface area contributed by atoms with Crippen molar-refractivity contribution in [3.63, 3.8) is 0 Å². The third kappa shape index (κ3) is 4.45. The van der Waals surface area contributed by atoms with Gasteiger partial charge in [0.15, 0.2) is 5.82 Å². The number of anilines is 1. The van der Waals surface area contributed by atoms with E-state index in [4.69, 9.17) is 0 Å². The molecule has 1 aromatic carbocycles. The number of pyridine rings is 2. The zero-order valence-corrected chi connectivity index (χ0v) is 17.1. The lowest BCUT2D eigenvalue weighted by Crippen LogP contribution is -2.13. The first-order valence-electron chi connectivity index (χ1n) is 10.2. The van der Waals surface area contributed by atoms with Crippen molar-refractivity contribution in [1.29, 1.82) is 0 Å². The van der Waals surface area contributed by atoms with E-state index in [0.29, 0.717) is 22.9 Å². The average molecular weight is 450 g/mol. The zero-order valence-electron chi connectivity index (χ0n) is 17.1. The van der Waals surface area contributed by atoms with E-state index in [0.717, 1.165) is 36.5 Å². The molecular formula is C23H17F3N6O. The third-order valence-electron chi connectivity index (χ3n) is 5.27. The number of rotatable bonds is 5. The summed E-state index contributed by atoms with van der Waals surface area (Å²) >= 11 is 0. The van der Waals surface area contributed by atoms with Gasteiger partial charge < -0.3 is 9.88 Å². The number of alkyl halides is 3. The summed E-state index contributed by atoms with van der Waals surface area (Å²) in [6.07, 6.45) is 1.94. The standard InChI is InChI=1S/C23H17F3N6O/c24-23(25,26)20-7-4-16(12-28-20)14-8-9-27-19(11-14)22(33)30-17-3-1-2-15(10-17)21-31-29-13-32(21)18-5-6-18/h1-4,7-13,18H,5-6H2,(H,30,33). The first-order valence-corrected chi connectivity index (χ1v) is 10.2. The van der Waals surface area contributed by atoms with Crippen molar-refractivity contribution in [2.75, 3.05) is 5.32 Å². The van der Waals surface area contributed by atoms with E-state index >= 15 is 0 Å². The lowest BCUT2D eigenvalue weighted by molar-refractivity contribution is -0.141. The molecule has 3 aromatic heterocycles. The summed E-state index contributed by atoms with van der Waals surface area (Å²) in [5.41, 5.74) is 1.51. The summed E-state index contributed by atoms with van der Waals surface area (Å²) in [5.74, 6) is 0.293. The fraction of sp³-hybridized carbons (Fsp3) is 0.174. The number of hydrogen-bond donors (Lipinski definition) is 1. The predicted molar refractivity (Wildman–Crippen MR) is 114 cm³/mol. The van der Waals surface area contributed by atoms with Crippen LogP contribution < -0.4 is 5.32 Å². The Morgan fingerprint density at radius 3 is 2.58 bits per heavy atom. The molecule has 0 unspecified atom stereocenters. The fourth-order valence-corrected chi connectivity index (χ4v) is 3.47. The minimum Gasteiger partial charge on any atom is -0.321 e. The summed E-state index contributed by atoms with van der Waals surface area (Å²) in [5, 5.41) is 11.0. The Balaban J connectivity index is 1.35. The summed E-state index contributed by atoms with van der Waals surface area (Å²) in [4.78, 5) is 20.4. The second-order valence-electron chi connectivity index (χ2n) is 7.69. The van der Waals surface area contributed by atoms with Crippen molar-refractivity contribution in [3.8, 4) is 22.5 Å². The second kappa shape index (κ2) is 8.12. The van der Waals surface area contributed by atoms with Crippen LogP contribution in [0.15, 0.2) is 67.3 Å². The van der Waals surface area contributed by atoms with Crippen LogP contribution in [0.4, 0.5) is 18.9 Å². The van der Waals surface area contributed by atoms with Crippen molar-refractivity contribution >= 4 is 11.6 Å². The minimum atomic E-state index is -4.51. The molecule has 33 heavy (non-hydrogen) atoms. The highest BCUT2D eigenvalue weighted by Gasteiger charge is 2.32. The van der Waals surface area contributed by atoms with Crippen molar-refractivity contribution in [3.05, 3.63) is 78.6 Å². The molecule has 7 nitrogen and oxygen atoms in total. The molecule has 4 aromatic rings. The first kappa shape index (κ1) is 20.8. The summed E-state index contributed by atoms with van der Waals surface area (Å²) in [6.45, 7) is 0. The molecule has 0 spiro atoms. The van der Waals surface area contributed by atoms with Crippen molar-refractivity contribution in [1.82, 2.24) is 24.7 Å². The van der Waals surface area contributed by atoms with Gasteiger partial charge in [0.1, 0.15) is 17.7 Å². The van der Waals surface area contributed by atoms with Gasteiger partial charge >= 0.3 is 6.18 Å². The van der Waals surface area contributed by atoms with Gasteiger partial charge in [0, 0.05) is 35.2 Å². The topological polar surface area (TPSA) is 85.6 Å². The number of nitrogens with one attached hydrogen (secondary N) is 1. The van der Waals surface area contributed by atoms with Crippen LogP contribution in [0.3, 0.4) is 0 Å². The zero-order chi connectivity index (χ0) is 23.0. The average Bonchev–Trinajstić information content (AvgIpc) is 3.55. The van der Waals surface area contributed by atoms with Crippen LogP contribution in [-0.2, 0) is 6.18 Å². The van der Waals surface area contributed by atoms with Gasteiger partial charge in [-0.05, 0) is 48.7 Å². The maximum atomic E-state index is 12.8. The van der Waals surface area contributed by atoms with Crippen LogP contribution in [0.25, 0.3) is 22.5 Å². The molecule has 1 aliphatic rings.